The van der Waals surface area contributed by atoms with Gasteiger partial charge >= 0.3 is 5.69 Å². The van der Waals surface area contributed by atoms with E-state index in [0.29, 0.717) is 5.69 Å². The fourth-order valence-corrected chi connectivity index (χ4v) is 1.15. The van der Waals surface area contributed by atoms with Gasteiger partial charge in [-0.3, -0.25) is 10.1 Å². The van der Waals surface area contributed by atoms with Crippen LogP contribution in [0.25, 0.3) is 0 Å². The lowest BCUT2D eigenvalue weighted by Gasteiger charge is -1.99. The normalized spacial score (nSPS) is 9.83. The molecule has 0 saturated carbocycles. The number of halogens is 1. The Bertz CT molecular complexity index is 340. The van der Waals surface area contributed by atoms with E-state index in [9.17, 15) is 10.1 Å². The molecule has 2 N–H and O–H groups in total. The third-order valence-electron chi connectivity index (χ3n) is 1.36. The van der Waals surface area contributed by atoms with Crippen LogP contribution in [0.15, 0.2) is 6.07 Å². The van der Waals surface area contributed by atoms with E-state index in [0.717, 1.165) is 3.57 Å². The molecule has 1 aromatic rings. The summed E-state index contributed by atoms with van der Waals surface area (Å²) >= 11 is 1.98. The average Bonchev–Trinajstić information content (AvgIpc) is 1.96. The number of hydrogen-bond acceptors (Lipinski definition) is 4. The van der Waals surface area contributed by atoms with Crippen LogP contribution in [-0.4, -0.2) is 9.91 Å². The van der Waals surface area contributed by atoms with Crippen LogP contribution < -0.4 is 5.73 Å². The molecule has 0 aromatic carbocycles. The molecule has 12 heavy (non-hydrogen) atoms. The summed E-state index contributed by atoms with van der Waals surface area (Å²) in [7, 11) is 0. The van der Waals surface area contributed by atoms with Crippen molar-refractivity contribution in [3.8, 4) is 0 Å². The van der Waals surface area contributed by atoms with Gasteiger partial charge in [0.15, 0.2) is 0 Å². The summed E-state index contributed by atoms with van der Waals surface area (Å²) in [6, 6.07) is 1.41. The molecule has 0 aliphatic heterocycles. The molecule has 0 atom stereocenters. The highest BCUT2D eigenvalue weighted by Crippen LogP contribution is 2.22. The SMILES string of the molecule is Cc1nc(N)c([N+](=O)[O-])cc1I. The van der Waals surface area contributed by atoms with E-state index >= 15 is 0 Å². The molecule has 6 heteroatoms. The molecule has 0 fully saturated rings. The lowest BCUT2D eigenvalue weighted by Crippen LogP contribution is -2.01. The van der Waals surface area contributed by atoms with E-state index in [2.05, 4.69) is 4.98 Å². The van der Waals surface area contributed by atoms with Gasteiger partial charge in [-0.25, -0.2) is 4.98 Å². The summed E-state index contributed by atoms with van der Waals surface area (Å²) in [5.41, 5.74) is 5.91. The molecule has 0 bridgehead atoms. The molecule has 0 amide bonds. The van der Waals surface area contributed by atoms with Gasteiger partial charge in [-0.2, -0.15) is 0 Å². The van der Waals surface area contributed by atoms with Crippen molar-refractivity contribution >= 4 is 34.1 Å². The van der Waals surface area contributed by atoms with Crippen LogP contribution in [0.4, 0.5) is 11.5 Å². The zero-order chi connectivity index (χ0) is 9.30. The second-order valence-electron chi connectivity index (χ2n) is 2.22. The molecule has 0 aliphatic rings. The van der Waals surface area contributed by atoms with E-state index in [1.807, 2.05) is 22.6 Å². The Labute approximate surface area is 82.3 Å². The van der Waals surface area contributed by atoms with E-state index in [1.54, 1.807) is 6.92 Å². The number of pyridine rings is 1. The standard InChI is InChI=1S/C6H6IN3O2/c1-3-4(7)2-5(10(11)12)6(8)9-3/h2H,1H3,(H2,8,9). The molecular formula is C6H6IN3O2. The van der Waals surface area contributed by atoms with Crippen LogP contribution in [0.5, 0.6) is 0 Å². The van der Waals surface area contributed by atoms with E-state index in [-0.39, 0.29) is 11.5 Å². The van der Waals surface area contributed by atoms with Crippen molar-refractivity contribution < 1.29 is 4.92 Å². The maximum absolute atomic E-state index is 10.4. The highest BCUT2D eigenvalue weighted by molar-refractivity contribution is 14.1. The number of nitrogen functional groups attached to an aromatic ring is 1. The summed E-state index contributed by atoms with van der Waals surface area (Å²) < 4.78 is 0.744. The first-order valence-electron chi connectivity index (χ1n) is 3.09. The first-order valence-corrected chi connectivity index (χ1v) is 4.17. The van der Waals surface area contributed by atoms with Crippen molar-refractivity contribution in [1.82, 2.24) is 4.98 Å². The summed E-state index contributed by atoms with van der Waals surface area (Å²) in [6.45, 7) is 1.75. The van der Waals surface area contributed by atoms with Crippen LogP contribution in [0.2, 0.25) is 0 Å². The van der Waals surface area contributed by atoms with Crippen molar-refractivity contribution in [2.45, 2.75) is 6.92 Å². The van der Waals surface area contributed by atoms with Crippen molar-refractivity contribution in [3.63, 3.8) is 0 Å². The van der Waals surface area contributed by atoms with Gasteiger partial charge in [0.05, 0.1) is 10.6 Å². The van der Waals surface area contributed by atoms with Crippen LogP contribution >= 0.6 is 22.6 Å². The van der Waals surface area contributed by atoms with Crippen molar-refractivity contribution in [3.05, 3.63) is 25.4 Å². The van der Waals surface area contributed by atoms with Gasteiger partial charge in [-0.15, -0.1) is 0 Å². The lowest BCUT2D eigenvalue weighted by atomic mass is 10.3. The minimum Gasteiger partial charge on any atom is -0.378 e. The molecule has 5 nitrogen and oxygen atoms in total. The van der Waals surface area contributed by atoms with Gasteiger partial charge in [-0.1, -0.05) is 0 Å². The van der Waals surface area contributed by atoms with Crippen LogP contribution in [0.3, 0.4) is 0 Å². The third kappa shape index (κ3) is 1.63. The number of nitro groups is 1. The smallest absolute Gasteiger partial charge is 0.312 e. The van der Waals surface area contributed by atoms with E-state index in [1.165, 1.54) is 6.07 Å². The lowest BCUT2D eigenvalue weighted by molar-refractivity contribution is -0.384. The van der Waals surface area contributed by atoms with Crippen LogP contribution in [0.1, 0.15) is 5.69 Å². The summed E-state index contributed by atoms with van der Waals surface area (Å²) in [4.78, 5) is 13.7. The van der Waals surface area contributed by atoms with Gasteiger partial charge < -0.3 is 5.73 Å². The summed E-state index contributed by atoms with van der Waals surface area (Å²) in [5, 5.41) is 10.4. The Balaban J connectivity index is 3.33. The summed E-state index contributed by atoms with van der Waals surface area (Å²) in [6.07, 6.45) is 0. The Morgan fingerprint density at radius 2 is 2.33 bits per heavy atom. The molecule has 0 unspecified atom stereocenters. The maximum Gasteiger partial charge on any atom is 0.312 e. The number of hydrogen-bond donors (Lipinski definition) is 1. The third-order valence-corrected chi connectivity index (χ3v) is 2.45. The number of anilines is 1. The number of rotatable bonds is 1. The number of nitrogens with two attached hydrogens (primary N) is 1. The molecule has 1 aromatic heterocycles. The van der Waals surface area contributed by atoms with Gasteiger partial charge in [0.2, 0.25) is 5.82 Å². The van der Waals surface area contributed by atoms with Gasteiger partial charge in [0.25, 0.3) is 0 Å². The van der Waals surface area contributed by atoms with E-state index in [4.69, 9.17) is 5.73 Å². The van der Waals surface area contributed by atoms with Gasteiger partial charge in [0, 0.05) is 9.64 Å². The Morgan fingerprint density at radius 3 is 2.83 bits per heavy atom. The first kappa shape index (κ1) is 9.17. The predicted molar refractivity (Wildman–Crippen MR) is 52.8 cm³/mol. The van der Waals surface area contributed by atoms with Crippen molar-refractivity contribution in [2.75, 3.05) is 5.73 Å². The fraction of sp³-hybridized carbons (Fsp3) is 0.167. The Morgan fingerprint density at radius 1 is 1.75 bits per heavy atom. The molecule has 0 spiro atoms. The quantitative estimate of drug-likeness (QED) is 0.479. The molecule has 0 saturated heterocycles. The van der Waals surface area contributed by atoms with Crippen molar-refractivity contribution in [2.24, 2.45) is 0 Å². The predicted octanol–water partition coefficient (Wildman–Crippen LogP) is 1.49. The zero-order valence-corrected chi connectivity index (χ0v) is 8.40. The second kappa shape index (κ2) is 3.21. The number of aromatic nitrogens is 1. The molecule has 64 valence electrons. The van der Waals surface area contributed by atoms with Crippen LogP contribution in [-0.2, 0) is 0 Å². The summed E-state index contributed by atoms with van der Waals surface area (Å²) in [5.74, 6) is -0.0297. The highest BCUT2D eigenvalue weighted by Gasteiger charge is 2.14. The van der Waals surface area contributed by atoms with E-state index < -0.39 is 4.92 Å². The minimum absolute atomic E-state index is 0.0297. The number of aryl methyl sites for hydroxylation is 1. The molecule has 1 rings (SSSR count). The van der Waals surface area contributed by atoms with Gasteiger partial charge in [-0.05, 0) is 29.5 Å². The average molecular weight is 279 g/mol. The molecule has 1 heterocycles. The number of nitrogens with zero attached hydrogens (tertiary/aromatic N) is 2. The zero-order valence-electron chi connectivity index (χ0n) is 6.24. The molecular weight excluding hydrogens is 273 g/mol. The van der Waals surface area contributed by atoms with Gasteiger partial charge in [0.1, 0.15) is 0 Å². The second-order valence-corrected chi connectivity index (χ2v) is 3.38. The molecule has 0 radical (unpaired) electrons. The van der Waals surface area contributed by atoms with Crippen molar-refractivity contribution in [1.29, 1.82) is 0 Å². The Kier molecular flexibility index (Phi) is 2.46. The largest absolute Gasteiger partial charge is 0.378 e. The Hall–Kier alpha value is -0.920. The maximum atomic E-state index is 10.4. The fourth-order valence-electron chi connectivity index (χ4n) is 0.736. The first-order chi connectivity index (χ1) is 5.52. The minimum atomic E-state index is -0.538. The molecule has 0 aliphatic carbocycles. The topological polar surface area (TPSA) is 82.0 Å². The highest BCUT2D eigenvalue weighted by atomic mass is 127. The van der Waals surface area contributed by atoms with Crippen LogP contribution in [0, 0.1) is 20.6 Å². The monoisotopic (exact) mass is 279 g/mol.